The van der Waals surface area contributed by atoms with E-state index in [1.54, 1.807) is 6.20 Å². The molecule has 108 valence electrons. The lowest BCUT2D eigenvalue weighted by Gasteiger charge is -2.15. The molecule has 0 aliphatic carbocycles. The predicted octanol–water partition coefficient (Wildman–Crippen LogP) is 3.25. The minimum atomic E-state index is 0.252. The summed E-state index contributed by atoms with van der Waals surface area (Å²) in [6, 6.07) is 2.15. The standard InChI is InChI=1S/C15H22N4O/c1-9(2)15-16-7-6-14(18-15)17-10(3)8-13-11(4)19-20-12(13)5/h6-7,9-10H,8H2,1-5H3,(H,16,17,18). The van der Waals surface area contributed by atoms with Crippen molar-refractivity contribution >= 4 is 5.82 Å². The molecule has 0 radical (unpaired) electrons. The van der Waals surface area contributed by atoms with Gasteiger partial charge in [-0.05, 0) is 33.3 Å². The lowest BCUT2D eigenvalue weighted by molar-refractivity contribution is 0.392. The van der Waals surface area contributed by atoms with E-state index in [-0.39, 0.29) is 6.04 Å². The number of hydrogen-bond donors (Lipinski definition) is 1. The van der Waals surface area contributed by atoms with Crippen molar-refractivity contribution in [2.24, 2.45) is 0 Å². The SMILES string of the molecule is Cc1noc(C)c1CC(C)Nc1ccnc(C(C)C)n1. The molecular weight excluding hydrogens is 252 g/mol. The Hall–Kier alpha value is -1.91. The van der Waals surface area contributed by atoms with Crippen LogP contribution in [0.15, 0.2) is 16.8 Å². The Morgan fingerprint density at radius 1 is 1.25 bits per heavy atom. The maximum absolute atomic E-state index is 5.19. The summed E-state index contributed by atoms with van der Waals surface area (Å²) >= 11 is 0. The van der Waals surface area contributed by atoms with Crippen molar-refractivity contribution in [2.75, 3.05) is 5.32 Å². The van der Waals surface area contributed by atoms with Gasteiger partial charge in [0.1, 0.15) is 17.4 Å². The van der Waals surface area contributed by atoms with E-state index in [1.807, 2.05) is 19.9 Å². The van der Waals surface area contributed by atoms with Gasteiger partial charge in [-0.2, -0.15) is 0 Å². The van der Waals surface area contributed by atoms with E-state index in [4.69, 9.17) is 4.52 Å². The lowest BCUT2D eigenvalue weighted by atomic mass is 10.1. The van der Waals surface area contributed by atoms with Crippen LogP contribution < -0.4 is 5.32 Å². The van der Waals surface area contributed by atoms with Crippen molar-refractivity contribution in [3.63, 3.8) is 0 Å². The summed E-state index contributed by atoms with van der Waals surface area (Å²) < 4.78 is 5.19. The molecule has 2 aromatic rings. The maximum Gasteiger partial charge on any atom is 0.137 e. The molecule has 2 heterocycles. The third-order valence-electron chi connectivity index (χ3n) is 3.28. The van der Waals surface area contributed by atoms with Crippen LogP contribution in [0, 0.1) is 13.8 Å². The van der Waals surface area contributed by atoms with Crippen LogP contribution in [0.2, 0.25) is 0 Å². The van der Waals surface area contributed by atoms with Crippen molar-refractivity contribution < 1.29 is 4.52 Å². The highest BCUT2D eigenvalue weighted by Gasteiger charge is 2.13. The highest BCUT2D eigenvalue weighted by Crippen LogP contribution is 2.17. The van der Waals surface area contributed by atoms with Crippen LogP contribution in [-0.2, 0) is 6.42 Å². The molecule has 0 fully saturated rings. The van der Waals surface area contributed by atoms with Gasteiger partial charge in [-0.1, -0.05) is 19.0 Å². The van der Waals surface area contributed by atoms with E-state index in [9.17, 15) is 0 Å². The number of nitrogens with one attached hydrogen (secondary N) is 1. The summed E-state index contributed by atoms with van der Waals surface area (Å²) in [7, 11) is 0. The first-order chi connectivity index (χ1) is 9.47. The molecule has 20 heavy (non-hydrogen) atoms. The molecule has 1 atom stereocenters. The molecule has 0 spiro atoms. The quantitative estimate of drug-likeness (QED) is 0.906. The van der Waals surface area contributed by atoms with Gasteiger partial charge in [0.25, 0.3) is 0 Å². The second-order valence-corrected chi connectivity index (χ2v) is 5.51. The van der Waals surface area contributed by atoms with Gasteiger partial charge in [-0.25, -0.2) is 9.97 Å². The Morgan fingerprint density at radius 2 is 2.00 bits per heavy atom. The second kappa shape index (κ2) is 6.03. The number of anilines is 1. The minimum absolute atomic E-state index is 0.252. The number of aryl methyl sites for hydroxylation is 2. The fourth-order valence-corrected chi connectivity index (χ4v) is 2.14. The van der Waals surface area contributed by atoms with Gasteiger partial charge in [0.05, 0.1) is 5.69 Å². The molecule has 2 aromatic heterocycles. The van der Waals surface area contributed by atoms with Crippen molar-refractivity contribution in [1.29, 1.82) is 0 Å². The summed E-state index contributed by atoms with van der Waals surface area (Å²) in [5.74, 6) is 2.94. The predicted molar refractivity (Wildman–Crippen MR) is 78.9 cm³/mol. The summed E-state index contributed by atoms with van der Waals surface area (Å²) in [5.41, 5.74) is 2.13. The normalized spacial score (nSPS) is 12.7. The third kappa shape index (κ3) is 3.35. The topological polar surface area (TPSA) is 63.8 Å². The fraction of sp³-hybridized carbons (Fsp3) is 0.533. The smallest absolute Gasteiger partial charge is 0.137 e. The maximum atomic E-state index is 5.19. The Kier molecular flexibility index (Phi) is 4.37. The van der Waals surface area contributed by atoms with Gasteiger partial charge < -0.3 is 9.84 Å². The van der Waals surface area contributed by atoms with E-state index in [2.05, 4.69) is 41.2 Å². The van der Waals surface area contributed by atoms with Gasteiger partial charge >= 0.3 is 0 Å². The average molecular weight is 274 g/mol. The van der Waals surface area contributed by atoms with Crippen molar-refractivity contribution in [3.05, 3.63) is 35.1 Å². The number of rotatable bonds is 5. The minimum Gasteiger partial charge on any atom is -0.367 e. The molecule has 0 amide bonds. The van der Waals surface area contributed by atoms with E-state index >= 15 is 0 Å². The zero-order valence-corrected chi connectivity index (χ0v) is 12.8. The van der Waals surface area contributed by atoms with Gasteiger partial charge in [0.2, 0.25) is 0 Å². The first kappa shape index (κ1) is 14.5. The number of nitrogens with zero attached hydrogens (tertiary/aromatic N) is 3. The Morgan fingerprint density at radius 3 is 2.60 bits per heavy atom. The number of hydrogen-bond acceptors (Lipinski definition) is 5. The van der Waals surface area contributed by atoms with E-state index < -0.39 is 0 Å². The molecule has 0 aliphatic rings. The Labute approximate surface area is 119 Å². The molecule has 5 heteroatoms. The first-order valence-corrected chi connectivity index (χ1v) is 6.98. The third-order valence-corrected chi connectivity index (χ3v) is 3.28. The highest BCUT2D eigenvalue weighted by molar-refractivity contribution is 5.35. The monoisotopic (exact) mass is 274 g/mol. The Bertz CT molecular complexity index is 558. The van der Waals surface area contributed by atoms with Crippen LogP contribution in [0.1, 0.15) is 49.5 Å². The largest absolute Gasteiger partial charge is 0.367 e. The molecule has 1 unspecified atom stereocenters. The van der Waals surface area contributed by atoms with Crippen LogP contribution in [-0.4, -0.2) is 21.2 Å². The van der Waals surface area contributed by atoms with Crippen LogP contribution in [0.3, 0.4) is 0 Å². The summed E-state index contributed by atoms with van der Waals surface area (Å²) in [6.45, 7) is 10.2. The van der Waals surface area contributed by atoms with Crippen molar-refractivity contribution in [3.8, 4) is 0 Å². The lowest BCUT2D eigenvalue weighted by Crippen LogP contribution is -2.20. The van der Waals surface area contributed by atoms with Crippen LogP contribution in [0.25, 0.3) is 0 Å². The molecule has 0 saturated carbocycles. The highest BCUT2D eigenvalue weighted by atomic mass is 16.5. The zero-order chi connectivity index (χ0) is 14.7. The molecular formula is C15H22N4O. The van der Waals surface area contributed by atoms with Gasteiger partial charge in [-0.15, -0.1) is 0 Å². The summed E-state index contributed by atoms with van der Waals surface area (Å²) in [6.07, 6.45) is 2.66. The fourth-order valence-electron chi connectivity index (χ4n) is 2.14. The molecule has 0 aromatic carbocycles. The van der Waals surface area contributed by atoms with Crippen molar-refractivity contribution in [2.45, 2.75) is 53.0 Å². The zero-order valence-electron chi connectivity index (χ0n) is 12.8. The van der Waals surface area contributed by atoms with Gasteiger partial charge in [0, 0.05) is 23.7 Å². The molecule has 0 aliphatic heterocycles. The molecule has 1 N–H and O–H groups in total. The Balaban J connectivity index is 2.05. The number of aromatic nitrogens is 3. The van der Waals surface area contributed by atoms with E-state index in [0.717, 1.165) is 29.5 Å². The average Bonchev–Trinajstić information content (AvgIpc) is 2.71. The van der Waals surface area contributed by atoms with Gasteiger partial charge in [0.15, 0.2) is 0 Å². The van der Waals surface area contributed by atoms with Crippen LogP contribution >= 0.6 is 0 Å². The summed E-state index contributed by atoms with van der Waals surface area (Å²) in [4.78, 5) is 8.80. The molecule has 0 saturated heterocycles. The molecule has 2 rings (SSSR count). The first-order valence-electron chi connectivity index (χ1n) is 6.98. The summed E-state index contributed by atoms with van der Waals surface area (Å²) in [5, 5.41) is 7.39. The van der Waals surface area contributed by atoms with Crippen LogP contribution in [0.5, 0.6) is 0 Å². The van der Waals surface area contributed by atoms with E-state index in [1.165, 1.54) is 5.56 Å². The van der Waals surface area contributed by atoms with E-state index in [0.29, 0.717) is 5.92 Å². The van der Waals surface area contributed by atoms with Gasteiger partial charge in [-0.3, -0.25) is 0 Å². The van der Waals surface area contributed by atoms with Crippen molar-refractivity contribution in [1.82, 2.24) is 15.1 Å². The molecule has 0 bridgehead atoms. The molecule has 5 nitrogen and oxygen atoms in total. The van der Waals surface area contributed by atoms with Crippen LogP contribution in [0.4, 0.5) is 5.82 Å². The second-order valence-electron chi connectivity index (χ2n) is 5.51.